The van der Waals surface area contributed by atoms with Gasteiger partial charge < -0.3 is 5.32 Å². The Morgan fingerprint density at radius 2 is 2.08 bits per heavy atom. The number of benzene rings is 1. The number of allylic oxidation sites excluding steroid dienone is 1. The molecule has 2 heteroatoms. The van der Waals surface area contributed by atoms with E-state index in [1.54, 1.807) is 0 Å². The van der Waals surface area contributed by atoms with Crippen molar-refractivity contribution in [1.29, 1.82) is 0 Å². The predicted octanol–water partition coefficient (Wildman–Crippen LogP) is 3.29. The molecule has 0 bridgehead atoms. The summed E-state index contributed by atoms with van der Waals surface area (Å²) in [5.41, 5.74) is 3.08. The highest BCUT2D eigenvalue weighted by molar-refractivity contribution is 6.30. The minimum absolute atomic E-state index is 0.757. The zero-order valence-corrected chi connectivity index (χ0v) is 7.23. The maximum Gasteiger partial charge on any atom is 0.0458 e. The summed E-state index contributed by atoms with van der Waals surface area (Å²) in [7, 11) is 0. The summed E-state index contributed by atoms with van der Waals surface area (Å²) in [5.74, 6) is 0. The minimum atomic E-state index is 0.757. The number of hydrogen-bond donors (Lipinski definition) is 1. The topological polar surface area (TPSA) is 12.0 Å². The lowest BCUT2D eigenvalue weighted by molar-refractivity contribution is 1.45. The van der Waals surface area contributed by atoms with Crippen molar-refractivity contribution < 1.29 is 0 Å². The fourth-order valence-corrected chi connectivity index (χ4v) is 1.37. The highest BCUT2D eigenvalue weighted by Gasteiger charge is 2.04. The third-order valence-electron chi connectivity index (χ3n) is 1.77. The molecule has 1 aromatic rings. The maximum absolute atomic E-state index is 5.83. The second-order valence-corrected chi connectivity index (χ2v) is 3.15. The van der Waals surface area contributed by atoms with E-state index in [0.29, 0.717) is 0 Å². The van der Waals surface area contributed by atoms with Crippen molar-refractivity contribution >= 4 is 23.4 Å². The molecule has 0 aliphatic carbocycles. The molecule has 2 rings (SSSR count). The van der Waals surface area contributed by atoms with Crippen LogP contribution in [0.3, 0.4) is 0 Å². The number of anilines is 1. The maximum atomic E-state index is 5.83. The molecule has 1 aliphatic heterocycles. The molecule has 0 saturated heterocycles. The second kappa shape index (κ2) is 2.68. The van der Waals surface area contributed by atoms with E-state index in [1.165, 1.54) is 0 Å². The molecule has 0 unspecified atom stereocenters. The largest absolute Gasteiger partial charge is 0.356 e. The van der Waals surface area contributed by atoms with Gasteiger partial charge in [0.1, 0.15) is 0 Å². The molecule has 1 aromatic carbocycles. The van der Waals surface area contributed by atoms with Crippen LogP contribution in [0, 0.1) is 0 Å². The van der Waals surface area contributed by atoms with Crippen LogP contribution in [0.4, 0.5) is 5.69 Å². The van der Waals surface area contributed by atoms with Gasteiger partial charge in [0.25, 0.3) is 0 Å². The van der Waals surface area contributed by atoms with Crippen LogP contribution in [0.5, 0.6) is 0 Å². The Morgan fingerprint density at radius 1 is 1.25 bits per heavy atom. The Morgan fingerprint density at radius 3 is 2.92 bits per heavy atom. The Kier molecular flexibility index (Phi) is 1.66. The van der Waals surface area contributed by atoms with Crippen LogP contribution >= 0.6 is 11.6 Å². The van der Waals surface area contributed by atoms with Crippen molar-refractivity contribution in [2.75, 3.05) is 5.32 Å². The summed E-state index contributed by atoms with van der Waals surface area (Å²) in [6.45, 7) is 3.80. The molecule has 0 amide bonds. The van der Waals surface area contributed by atoms with Crippen LogP contribution in [-0.2, 0) is 0 Å². The Balaban J connectivity index is 2.54. The van der Waals surface area contributed by atoms with Crippen molar-refractivity contribution in [3.05, 3.63) is 47.1 Å². The first-order chi connectivity index (χ1) is 5.75. The Hall–Kier alpha value is -1.21. The quantitative estimate of drug-likeness (QED) is 0.641. The SMILES string of the molecule is C=C1C=Cc2cc(Cl)ccc2N1. The summed E-state index contributed by atoms with van der Waals surface area (Å²) >= 11 is 5.83. The van der Waals surface area contributed by atoms with Crippen LogP contribution < -0.4 is 5.32 Å². The van der Waals surface area contributed by atoms with Gasteiger partial charge in [0.05, 0.1) is 0 Å². The molecule has 60 valence electrons. The Bertz CT molecular complexity index is 366. The second-order valence-electron chi connectivity index (χ2n) is 2.72. The molecule has 0 atom stereocenters. The van der Waals surface area contributed by atoms with Gasteiger partial charge in [-0.25, -0.2) is 0 Å². The van der Waals surface area contributed by atoms with Gasteiger partial charge in [-0.15, -0.1) is 0 Å². The lowest BCUT2D eigenvalue weighted by atomic mass is 10.1. The minimum Gasteiger partial charge on any atom is -0.356 e. The first-order valence-electron chi connectivity index (χ1n) is 3.69. The summed E-state index contributed by atoms with van der Waals surface area (Å²) < 4.78 is 0. The lowest BCUT2D eigenvalue weighted by Crippen LogP contribution is -2.00. The predicted molar refractivity (Wildman–Crippen MR) is 53.2 cm³/mol. The van der Waals surface area contributed by atoms with E-state index in [2.05, 4.69) is 11.9 Å². The molecule has 0 aromatic heterocycles. The smallest absolute Gasteiger partial charge is 0.0458 e. The molecule has 0 fully saturated rings. The molecule has 0 radical (unpaired) electrons. The van der Waals surface area contributed by atoms with Crippen LogP contribution in [0.1, 0.15) is 5.56 Å². The fraction of sp³-hybridized carbons (Fsp3) is 0. The molecular weight excluding hydrogens is 170 g/mol. The monoisotopic (exact) mass is 177 g/mol. The van der Waals surface area contributed by atoms with Gasteiger partial charge in [-0.2, -0.15) is 0 Å². The van der Waals surface area contributed by atoms with Crippen molar-refractivity contribution in [3.63, 3.8) is 0 Å². The van der Waals surface area contributed by atoms with Crippen LogP contribution in [0.15, 0.2) is 36.6 Å². The normalized spacial score (nSPS) is 13.9. The van der Waals surface area contributed by atoms with Crippen LogP contribution in [-0.4, -0.2) is 0 Å². The van der Waals surface area contributed by atoms with Gasteiger partial charge in [0, 0.05) is 16.4 Å². The molecule has 0 spiro atoms. The third-order valence-corrected chi connectivity index (χ3v) is 2.01. The summed E-state index contributed by atoms with van der Waals surface area (Å²) in [6, 6.07) is 5.74. The zero-order valence-electron chi connectivity index (χ0n) is 6.47. The van der Waals surface area contributed by atoms with Gasteiger partial charge in [0.2, 0.25) is 0 Å². The van der Waals surface area contributed by atoms with E-state index >= 15 is 0 Å². The van der Waals surface area contributed by atoms with E-state index in [1.807, 2.05) is 30.4 Å². The summed E-state index contributed by atoms with van der Waals surface area (Å²) in [4.78, 5) is 0. The third kappa shape index (κ3) is 1.23. The van der Waals surface area contributed by atoms with E-state index in [4.69, 9.17) is 11.6 Å². The number of fused-ring (bicyclic) bond motifs is 1. The molecule has 1 nitrogen and oxygen atoms in total. The van der Waals surface area contributed by atoms with Crippen molar-refractivity contribution in [3.8, 4) is 0 Å². The average molecular weight is 178 g/mol. The average Bonchev–Trinajstić information content (AvgIpc) is 2.05. The molecule has 1 N–H and O–H groups in total. The van der Waals surface area contributed by atoms with Crippen LogP contribution in [0.2, 0.25) is 5.02 Å². The first kappa shape index (κ1) is 7.44. The standard InChI is InChI=1S/C10H8ClN/c1-7-2-3-8-6-9(11)4-5-10(8)12-7/h2-6,12H,1H2. The Labute approximate surface area is 76.4 Å². The van der Waals surface area contributed by atoms with E-state index in [-0.39, 0.29) is 0 Å². The first-order valence-corrected chi connectivity index (χ1v) is 4.07. The summed E-state index contributed by atoms with van der Waals surface area (Å²) in [6.07, 6.45) is 3.93. The van der Waals surface area contributed by atoms with Gasteiger partial charge in [-0.3, -0.25) is 0 Å². The lowest BCUT2D eigenvalue weighted by Gasteiger charge is -2.14. The van der Waals surface area contributed by atoms with E-state index in [9.17, 15) is 0 Å². The van der Waals surface area contributed by atoms with E-state index < -0.39 is 0 Å². The van der Waals surface area contributed by atoms with Gasteiger partial charge >= 0.3 is 0 Å². The van der Waals surface area contributed by atoms with Gasteiger partial charge in [-0.1, -0.05) is 24.3 Å². The van der Waals surface area contributed by atoms with Crippen molar-refractivity contribution in [1.82, 2.24) is 0 Å². The van der Waals surface area contributed by atoms with E-state index in [0.717, 1.165) is 22.0 Å². The van der Waals surface area contributed by atoms with Crippen LogP contribution in [0.25, 0.3) is 6.08 Å². The summed E-state index contributed by atoms with van der Waals surface area (Å²) in [5, 5.41) is 3.90. The highest BCUT2D eigenvalue weighted by atomic mass is 35.5. The molecule has 1 heterocycles. The van der Waals surface area contributed by atoms with Gasteiger partial charge in [-0.05, 0) is 29.8 Å². The van der Waals surface area contributed by atoms with Crippen molar-refractivity contribution in [2.45, 2.75) is 0 Å². The number of rotatable bonds is 0. The molecular formula is C10H8ClN. The molecule has 0 saturated carbocycles. The van der Waals surface area contributed by atoms with Gasteiger partial charge in [0.15, 0.2) is 0 Å². The zero-order chi connectivity index (χ0) is 8.55. The number of nitrogens with one attached hydrogen (secondary N) is 1. The molecule has 12 heavy (non-hydrogen) atoms. The molecule has 1 aliphatic rings. The fourth-order valence-electron chi connectivity index (χ4n) is 1.19. The number of halogens is 1. The van der Waals surface area contributed by atoms with Crippen molar-refractivity contribution in [2.24, 2.45) is 0 Å². The highest BCUT2D eigenvalue weighted by Crippen LogP contribution is 2.26. The number of hydrogen-bond acceptors (Lipinski definition) is 1.